The molecule has 2 atom stereocenters. The monoisotopic (exact) mass is 301 g/mol. The standard InChI is InChI=1S/C13H23N3O3S/c1-6-16-12(5)13(11(4)14-16)20(17,18)15-7-9(2)19-10(3)8-15/h9-10H,6-8H2,1-5H3/t9-,10-/m0/s1. The van der Waals surface area contributed by atoms with Gasteiger partial charge in [-0.15, -0.1) is 0 Å². The van der Waals surface area contributed by atoms with Crippen LogP contribution in [-0.2, 0) is 21.3 Å². The first kappa shape index (κ1) is 15.5. The van der Waals surface area contributed by atoms with Gasteiger partial charge in [0, 0.05) is 19.6 Å². The van der Waals surface area contributed by atoms with E-state index in [2.05, 4.69) is 5.10 Å². The molecule has 1 aliphatic heterocycles. The minimum Gasteiger partial charge on any atom is -0.373 e. The maximum absolute atomic E-state index is 12.9. The van der Waals surface area contributed by atoms with E-state index < -0.39 is 10.0 Å². The summed E-state index contributed by atoms with van der Waals surface area (Å²) in [6, 6.07) is 0. The average Bonchev–Trinajstić information content (AvgIpc) is 2.63. The number of hydrogen-bond acceptors (Lipinski definition) is 4. The molecule has 0 unspecified atom stereocenters. The lowest BCUT2D eigenvalue weighted by atomic mass is 10.3. The molecule has 1 fully saturated rings. The predicted molar refractivity (Wildman–Crippen MR) is 76.1 cm³/mol. The number of rotatable bonds is 3. The van der Waals surface area contributed by atoms with Crippen LogP contribution in [0.5, 0.6) is 0 Å². The van der Waals surface area contributed by atoms with Gasteiger partial charge in [0.25, 0.3) is 0 Å². The fourth-order valence-corrected chi connectivity index (χ4v) is 4.78. The Balaban J connectivity index is 2.42. The molecule has 7 heteroatoms. The Morgan fingerprint density at radius 3 is 2.25 bits per heavy atom. The summed E-state index contributed by atoms with van der Waals surface area (Å²) in [5.74, 6) is 0. The molecule has 2 rings (SSSR count). The van der Waals surface area contributed by atoms with Gasteiger partial charge in [0.2, 0.25) is 10.0 Å². The van der Waals surface area contributed by atoms with E-state index in [0.29, 0.717) is 35.9 Å². The smallest absolute Gasteiger partial charge is 0.246 e. The molecule has 1 aromatic rings. The van der Waals surface area contributed by atoms with Gasteiger partial charge in [0.05, 0.1) is 23.6 Å². The second kappa shape index (κ2) is 5.46. The van der Waals surface area contributed by atoms with Gasteiger partial charge in [-0.1, -0.05) is 0 Å². The first-order valence-corrected chi connectivity index (χ1v) is 8.41. The van der Waals surface area contributed by atoms with Crippen molar-refractivity contribution in [3.8, 4) is 0 Å². The van der Waals surface area contributed by atoms with Gasteiger partial charge in [-0.25, -0.2) is 8.42 Å². The first-order valence-electron chi connectivity index (χ1n) is 6.97. The molecule has 0 spiro atoms. The third kappa shape index (κ3) is 2.62. The topological polar surface area (TPSA) is 64.4 Å². The van der Waals surface area contributed by atoms with Gasteiger partial charge in [-0.05, 0) is 34.6 Å². The van der Waals surface area contributed by atoms with Crippen LogP contribution in [0.15, 0.2) is 4.90 Å². The molecule has 0 radical (unpaired) electrons. The molecular weight excluding hydrogens is 278 g/mol. The van der Waals surface area contributed by atoms with Crippen molar-refractivity contribution < 1.29 is 13.2 Å². The maximum Gasteiger partial charge on any atom is 0.246 e. The Kier molecular flexibility index (Phi) is 4.22. The molecule has 0 amide bonds. The van der Waals surface area contributed by atoms with E-state index in [4.69, 9.17) is 4.74 Å². The molecule has 20 heavy (non-hydrogen) atoms. The van der Waals surface area contributed by atoms with Crippen LogP contribution in [0.1, 0.15) is 32.2 Å². The zero-order chi connectivity index (χ0) is 15.1. The molecular formula is C13H23N3O3S. The van der Waals surface area contributed by atoms with E-state index in [-0.39, 0.29) is 12.2 Å². The van der Waals surface area contributed by atoms with Crippen LogP contribution >= 0.6 is 0 Å². The van der Waals surface area contributed by atoms with Gasteiger partial charge in [-0.3, -0.25) is 4.68 Å². The van der Waals surface area contributed by atoms with Crippen LogP contribution in [0.25, 0.3) is 0 Å². The van der Waals surface area contributed by atoms with Crippen LogP contribution < -0.4 is 0 Å². The molecule has 1 aromatic heterocycles. The zero-order valence-electron chi connectivity index (χ0n) is 12.8. The fraction of sp³-hybridized carbons (Fsp3) is 0.769. The van der Waals surface area contributed by atoms with Crippen molar-refractivity contribution in [3.63, 3.8) is 0 Å². The van der Waals surface area contributed by atoms with Crippen molar-refractivity contribution >= 4 is 10.0 Å². The Labute approximate surface area is 120 Å². The van der Waals surface area contributed by atoms with Crippen LogP contribution in [0.4, 0.5) is 0 Å². The summed E-state index contributed by atoms with van der Waals surface area (Å²) in [4.78, 5) is 0.348. The third-order valence-electron chi connectivity index (χ3n) is 3.60. The van der Waals surface area contributed by atoms with Crippen molar-refractivity contribution in [1.82, 2.24) is 14.1 Å². The maximum atomic E-state index is 12.9. The molecule has 1 saturated heterocycles. The number of sulfonamides is 1. The van der Waals surface area contributed by atoms with Gasteiger partial charge >= 0.3 is 0 Å². The first-order chi connectivity index (χ1) is 9.27. The van der Waals surface area contributed by atoms with Gasteiger partial charge in [0.15, 0.2) is 0 Å². The normalized spacial score (nSPS) is 25.1. The van der Waals surface area contributed by atoms with E-state index in [0.717, 1.165) is 0 Å². The summed E-state index contributed by atoms with van der Waals surface area (Å²) in [5, 5.41) is 4.31. The highest BCUT2D eigenvalue weighted by atomic mass is 32.2. The highest BCUT2D eigenvalue weighted by Gasteiger charge is 2.35. The Hall–Kier alpha value is -0.920. The molecule has 0 saturated carbocycles. The van der Waals surface area contributed by atoms with Crippen LogP contribution in [-0.4, -0.2) is 47.8 Å². The second-order valence-corrected chi connectivity index (χ2v) is 7.27. The van der Waals surface area contributed by atoms with Crippen molar-refractivity contribution in [1.29, 1.82) is 0 Å². The number of aryl methyl sites for hydroxylation is 2. The lowest BCUT2D eigenvalue weighted by Gasteiger charge is -2.34. The van der Waals surface area contributed by atoms with Crippen LogP contribution in [0.2, 0.25) is 0 Å². The summed E-state index contributed by atoms with van der Waals surface area (Å²) in [5.41, 5.74) is 1.27. The quantitative estimate of drug-likeness (QED) is 0.844. The fourth-order valence-electron chi connectivity index (χ4n) is 2.82. The van der Waals surface area contributed by atoms with E-state index in [1.807, 2.05) is 27.7 Å². The number of nitrogens with zero attached hydrogens (tertiary/aromatic N) is 3. The van der Waals surface area contributed by atoms with E-state index >= 15 is 0 Å². The van der Waals surface area contributed by atoms with Gasteiger partial charge in [-0.2, -0.15) is 9.40 Å². The average molecular weight is 301 g/mol. The molecule has 2 heterocycles. The number of aromatic nitrogens is 2. The Morgan fingerprint density at radius 2 is 1.80 bits per heavy atom. The second-order valence-electron chi connectivity index (χ2n) is 5.40. The number of morpholine rings is 1. The lowest BCUT2D eigenvalue weighted by molar-refractivity contribution is -0.0441. The van der Waals surface area contributed by atoms with E-state index in [1.54, 1.807) is 11.6 Å². The van der Waals surface area contributed by atoms with Crippen molar-refractivity contribution in [3.05, 3.63) is 11.4 Å². The van der Waals surface area contributed by atoms with E-state index in [9.17, 15) is 8.42 Å². The Bertz CT molecular complexity index is 584. The van der Waals surface area contributed by atoms with Crippen LogP contribution in [0, 0.1) is 13.8 Å². The summed E-state index contributed by atoms with van der Waals surface area (Å²) in [6.45, 7) is 10.8. The molecule has 114 valence electrons. The zero-order valence-corrected chi connectivity index (χ0v) is 13.6. The highest BCUT2D eigenvalue weighted by Crippen LogP contribution is 2.26. The largest absolute Gasteiger partial charge is 0.373 e. The molecule has 0 aromatic carbocycles. The molecule has 6 nitrogen and oxygen atoms in total. The third-order valence-corrected chi connectivity index (χ3v) is 5.68. The molecule has 0 N–H and O–H groups in total. The lowest BCUT2D eigenvalue weighted by Crippen LogP contribution is -2.48. The van der Waals surface area contributed by atoms with Crippen molar-refractivity contribution in [2.45, 2.75) is 58.3 Å². The molecule has 0 bridgehead atoms. The van der Waals surface area contributed by atoms with Gasteiger partial charge in [0.1, 0.15) is 4.90 Å². The molecule has 0 aliphatic carbocycles. The number of hydrogen-bond donors (Lipinski definition) is 0. The molecule has 1 aliphatic rings. The number of ether oxygens (including phenoxy) is 1. The minimum absolute atomic E-state index is 0.0876. The SMILES string of the molecule is CCn1nc(C)c(S(=O)(=O)N2C[C@H](C)O[C@@H](C)C2)c1C. The summed E-state index contributed by atoms with van der Waals surface area (Å²) in [6.07, 6.45) is -0.175. The van der Waals surface area contributed by atoms with Crippen molar-refractivity contribution in [2.24, 2.45) is 0 Å². The summed E-state index contributed by atoms with van der Waals surface area (Å²) in [7, 11) is -3.51. The van der Waals surface area contributed by atoms with E-state index in [1.165, 1.54) is 4.31 Å². The summed E-state index contributed by atoms with van der Waals surface area (Å²) < 4.78 is 34.6. The van der Waals surface area contributed by atoms with Crippen LogP contribution in [0.3, 0.4) is 0 Å². The predicted octanol–water partition coefficient (Wildman–Crippen LogP) is 1.32. The highest BCUT2D eigenvalue weighted by molar-refractivity contribution is 7.89. The van der Waals surface area contributed by atoms with Crippen molar-refractivity contribution in [2.75, 3.05) is 13.1 Å². The van der Waals surface area contributed by atoms with Gasteiger partial charge < -0.3 is 4.74 Å². The Morgan fingerprint density at radius 1 is 1.25 bits per heavy atom. The minimum atomic E-state index is -3.51. The summed E-state index contributed by atoms with van der Waals surface area (Å²) >= 11 is 0.